The summed E-state index contributed by atoms with van der Waals surface area (Å²) in [6, 6.07) is 9.87. The normalized spacial score (nSPS) is 23.5. The van der Waals surface area contributed by atoms with Crippen LogP contribution >= 0.6 is 0 Å². The summed E-state index contributed by atoms with van der Waals surface area (Å²) in [5, 5.41) is 11.7. The molecule has 1 fully saturated rings. The van der Waals surface area contributed by atoms with Crippen LogP contribution in [0, 0.1) is 11.3 Å². The van der Waals surface area contributed by atoms with Gasteiger partial charge >= 0.3 is 0 Å². The molecule has 3 unspecified atom stereocenters. The number of anilines is 1. The maximum Gasteiger partial charge on any atom is 0.241 e. The van der Waals surface area contributed by atoms with Crippen LogP contribution in [0.15, 0.2) is 24.3 Å². The lowest BCUT2D eigenvalue weighted by molar-refractivity contribution is -0.121. The highest BCUT2D eigenvalue weighted by Crippen LogP contribution is 2.28. The van der Waals surface area contributed by atoms with Gasteiger partial charge in [0.1, 0.15) is 0 Å². The molecule has 4 nitrogen and oxygen atoms in total. The monoisotopic (exact) mass is 285 g/mol. The summed E-state index contributed by atoms with van der Waals surface area (Å²) in [5.41, 5.74) is 1.34. The quantitative estimate of drug-likeness (QED) is 0.924. The maximum absolute atomic E-state index is 12.4. The molecule has 2 rings (SSSR count). The Bertz CT molecular complexity index is 532. The number of benzene rings is 1. The Morgan fingerprint density at radius 3 is 2.67 bits per heavy atom. The molecular weight excluding hydrogens is 262 g/mol. The lowest BCUT2D eigenvalue weighted by Gasteiger charge is -2.32. The predicted octanol–water partition coefficient (Wildman–Crippen LogP) is 3.15. The molecular formula is C17H23N3O. The molecule has 1 saturated heterocycles. The smallest absolute Gasteiger partial charge is 0.241 e. The molecule has 0 bridgehead atoms. The molecule has 1 aliphatic heterocycles. The molecule has 1 aliphatic rings. The average Bonchev–Trinajstić information content (AvgIpc) is 2.88. The first-order valence-corrected chi connectivity index (χ1v) is 7.65. The predicted molar refractivity (Wildman–Crippen MR) is 83.9 cm³/mol. The van der Waals surface area contributed by atoms with E-state index in [0.717, 1.165) is 18.5 Å². The molecule has 0 radical (unpaired) electrons. The van der Waals surface area contributed by atoms with E-state index in [-0.39, 0.29) is 11.9 Å². The summed E-state index contributed by atoms with van der Waals surface area (Å²) in [7, 11) is 0. The van der Waals surface area contributed by atoms with E-state index in [1.54, 1.807) is 24.3 Å². The third-order valence-corrected chi connectivity index (χ3v) is 4.43. The molecule has 21 heavy (non-hydrogen) atoms. The number of hydrogen-bond donors (Lipinski definition) is 1. The second-order valence-corrected chi connectivity index (χ2v) is 5.79. The standard InChI is InChI=1S/C17H23N3O/c1-4-16-10-5-12(2)20(16)13(3)17(21)19-15-8-6-14(11-18)7-9-15/h6-9,12-13,16H,4-5,10H2,1-3H3,(H,19,21). The molecule has 1 heterocycles. The SMILES string of the molecule is CCC1CCC(C)N1C(C)C(=O)Nc1ccc(C#N)cc1. The number of nitriles is 1. The third kappa shape index (κ3) is 3.43. The van der Waals surface area contributed by atoms with E-state index in [9.17, 15) is 4.79 Å². The van der Waals surface area contributed by atoms with Gasteiger partial charge in [0.2, 0.25) is 5.91 Å². The van der Waals surface area contributed by atoms with Crippen molar-refractivity contribution in [2.24, 2.45) is 0 Å². The van der Waals surface area contributed by atoms with Gasteiger partial charge in [0, 0.05) is 17.8 Å². The summed E-state index contributed by atoms with van der Waals surface area (Å²) < 4.78 is 0. The van der Waals surface area contributed by atoms with Gasteiger partial charge in [-0.2, -0.15) is 5.26 Å². The Labute approximate surface area is 126 Å². The first-order chi connectivity index (χ1) is 10.1. The van der Waals surface area contributed by atoms with E-state index in [4.69, 9.17) is 5.26 Å². The highest BCUT2D eigenvalue weighted by molar-refractivity contribution is 5.94. The van der Waals surface area contributed by atoms with Crippen LogP contribution in [0.3, 0.4) is 0 Å². The van der Waals surface area contributed by atoms with E-state index >= 15 is 0 Å². The average molecular weight is 285 g/mol. The summed E-state index contributed by atoms with van der Waals surface area (Å²) in [6.07, 6.45) is 3.41. The van der Waals surface area contributed by atoms with Gasteiger partial charge in [0.15, 0.2) is 0 Å². The summed E-state index contributed by atoms with van der Waals surface area (Å²) >= 11 is 0. The van der Waals surface area contributed by atoms with Crippen LogP contribution in [0.4, 0.5) is 5.69 Å². The first kappa shape index (κ1) is 15.5. The molecule has 112 valence electrons. The number of rotatable bonds is 4. The van der Waals surface area contributed by atoms with Crippen molar-refractivity contribution in [1.82, 2.24) is 4.90 Å². The number of hydrogen-bond acceptors (Lipinski definition) is 3. The lowest BCUT2D eigenvalue weighted by atomic mass is 10.1. The van der Waals surface area contributed by atoms with Crippen molar-refractivity contribution >= 4 is 11.6 Å². The zero-order chi connectivity index (χ0) is 15.4. The van der Waals surface area contributed by atoms with Gasteiger partial charge in [0.05, 0.1) is 17.7 Å². The van der Waals surface area contributed by atoms with E-state index in [2.05, 4.69) is 30.1 Å². The van der Waals surface area contributed by atoms with E-state index in [1.807, 2.05) is 6.92 Å². The molecule has 0 aliphatic carbocycles. The van der Waals surface area contributed by atoms with Crippen LogP contribution in [0.5, 0.6) is 0 Å². The maximum atomic E-state index is 12.4. The fraction of sp³-hybridized carbons (Fsp3) is 0.529. The van der Waals surface area contributed by atoms with Crippen molar-refractivity contribution in [3.05, 3.63) is 29.8 Å². The van der Waals surface area contributed by atoms with Crippen LogP contribution in [0.2, 0.25) is 0 Å². The van der Waals surface area contributed by atoms with Crippen LogP contribution in [0.25, 0.3) is 0 Å². The van der Waals surface area contributed by atoms with E-state index in [0.29, 0.717) is 17.6 Å². The van der Waals surface area contributed by atoms with Gasteiger partial charge < -0.3 is 5.32 Å². The number of nitrogens with zero attached hydrogens (tertiary/aromatic N) is 2. The zero-order valence-corrected chi connectivity index (χ0v) is 13.0. The van der Waals surface area contributed by atoms with Gasteiger partial charge in [-0.05, 0) is 57.4 Å². The number of carbonyl (C=O) groups excluding carboxylic acids is 1. The zero-order valence-electron chi connectivity index (χ0n) is 13.0. The first-order valence-electron chi connectivity index (χ1n) is 7.65. The van der Waals surface area contributed by atoms with Crippen LogP contribution in [-0.4, -0.2) is 28.9 Å². The van der Waals surface area contributed by atoms with Gasteiger partial charge in [-0.3, -0.25) is 9.69 Å². The Kier molecular flexibility index (Phi) is 4.98. The van der Waals surface area contributed by atoms with Gasteiger partial charge in [-0.15, -0.1) is 0 Å². The molecule has 1 N–H and O–H groups in total. The molecule has 4 heteroatoms. The van der Waals surface area contributed by atoms with E-state index < -0.39 is 0 Å². The van der Waals surface area contributed by atoms with Crippen molar-refractivity contribution in [3.63, 3.8) is 0 Å². The lowest BCUT2D eigenvalue weighted by Crippen LogP contribution is -2.47. The van der Waals surface area contributed by atoms with Gasteiger partial charge in [0.25, 0.3) is 0 Å². The number of amides is 1. The molecule has 0 aromatic heterocycles. The van der Waals surface area contributed by atoms with Crippen molar-refractivity contribution in [2.75, 3.05) is 5.32 Å². The second-order valence-electron chi connectivity index (χ2n) is 5.79. The molecule has 0 spiro atoms. The highest BCUT2D eigenvalue weighted by Gasteiger charge is 2.35. The number of nitrogens with one attached hydrogen (secondary N) is 1. The van der Waals surface area contributed by atoms with Gasteiger partial charge in [-0.25, -0.2) is 0 Å². The largest absolute Gasteiger partial charge is 0.325 e. The molecule has 1 amide bonds. The summed E-state index contributed by atoms with van der Waals surface area (Å²) in [5.74, 6) is 0.0203. The number of likely N-dealkylation sites (tertiary alicyclic amines) is 1. The Hall–Kier alpha value is -1.86. The minimum atomic E-state index is -0.136. The van der Waals surface area contributed by atoms with Crippen molar-refractivity contribution in [1.29, 1.82) is 5.26 Å². The minimum Gasteiger partial charge on any atom is -0.325 e. The molecule has 3 atom stereocenters. The molecule has 1 aromatic carbocycles. The topological polar surface area (TPSA) is 56.1 Å². The third-order valence-electron chi connectivity index (χ3n) is 4.43. The molecule has 1 aromatic rings. The highest BCUT2D eigenvalue weighted by atomic mass is 16.2. The minimum absolute atomic E-state index is 0.0203. The Morgan fingerprint density at radius 1 is 1.43 bits per heavy atom. The van der Waals surface area contributed by atoms with E-state index in [1.165, 1.54) is 6.42 Å². The fourth-order valence-corrected chi connectivity index (χ4v) is 3.21. The molecule has 0 saturated carbocycles. The summed E-state index contributed by atoms with van der Waals surface area (Å²) in [4.78, 5) is 14.8. The Balaban J connectivity index is 2.03. The van der Waals surface area contributed by atoms with Crippen molar-refractivity contribution in [2.45, 2.75) is 58.2 Å². The summed E-state index contributed by atoms with van der Waals surface area (Å²) in [6.45, 7) is 6.35. The van der Waals surface area contributed by atoms with Gasteiger partial charge in [-0.1, -0.05) is 6.92 Å². The second kappa shape index (κ2) is 6.73. The number of carbonyl (C=O) groups is 1. The van der Waals surface area contributed by atoms with Crippen LogP contribution in [-0.2, 0) is 4.79 Å². The van der Waals surface area contributed by atoms with Crippen LogP contribution < -0.4 is 5.32 Å². The van der Waals surface area contributed by atoms with Crippen molar-refractivity contribution < 1.29 is 4.79 Å². The fourth-order valence-electron chi connectivity index (χ4n) is 3.21. The Morgan fingerprint density at radius 2 is 2.10 bits per heavy atom. The van der Waals surface area contributed by atoms with Crippen LogP contribution in [0.1, 0.15) is 45.6 Å². The van der Waals surface area contributed by atoms with Crippen molar-refractivity contribution in [3.8, 4) is 6.07 Å².